The van der Waals surface area contributed by atoms with E-state index in [4.69, 9.17) is 18.9 Å². The lowest BCUT2D eigenvalue weighted by molar-refractivity contribution is 0.0899. The molecule has 4 rings (SSSR count). The fourth-order valence-electron chi connectivity index (χ4n) is 4.62. The first-order valence-corrected chi connectivity index (χ1v) is 18.0. The second-order valence-corrected chi connectivity index (χ2v) is 17.0. The topological polar surface area (TPSA) is 104 Å². The first-order valence-electron chi connectivity index (χ1n) is 14.3. The number of carbonyl (C=O) groups is 1. The molecule has 0 bridgehead atoms. The van der Waals surface area contributed by atoms with Gasteiger partial charge in [0.15, 0.2) is 11.5 Å². The number of hydrogen-bond donors (Lipinski definition) is 2. The number of aliphatic hydroxyl groups excluding tert-OH is 1. The number of hydrogen-bond acceptors (Lipinski definition) is 7. The monoisotopic (exact) mass is 627 g/mol. The third-order valence-electron chi connectivity index (χ3n) is 6.99. The molecule has 2 N–H and O–H groups in total. The number of para-hydroxylation sites is 1. The molecule has 12 heteroatoms. The molecule has 0 radical (unpaired) electrons. The normalized spacial score (nSPS) is 12.3. The maximum atomic E-state index is 15.1. The molecular weight excluding hydrogens is 588 g/mol. The van der Waals surface area contributed by atoms with Crippen molar-refractivity contribution in [1.29, 1.82) is 0 Å². The summed E-state index contributed by atoms with van der Waals surface area (Å²) in [5, 5.41) is 14.3. The van der Waals surface area contributed by atoms with Crippen LogP contribution in [0.1, 0.15) is 22.2 Å². The van der Waals surface area contributed by atoms with E-state index < -0.39 is 26.8 Å². The van der Waals surface area contributed by atoms with Crippen LogP contribution >= 0.6 is 0 Å². The Morgan fingerprint density at radius 1 is 1.05 bits per heavy atom. The zero-order valence-corrected chi connectivity index (χ0v) is 26.7. The van der Waals surface area contributed by atoms with Crippen LogP contribution in [0.15, 0.2) is 54.7 Å². The summed E-state index contributed by atoms with van der Waals surface area (Å²) in [4.78, 5) is 17.5. The van der Waals surface area contributed by atoms with Crippen LogP contribution in [-0.4, -0.2) is 69.3 Å². The Balaban J connectivity index is 1.55. The second-order valence-electron chi connectivity index (χ2n) is 11.4. The van der Waals surface area contributed by atoms with E-state index in [1.165, 1.54) is 38.5 Å². The predicted octanol–water partition coefficient (Wildman–Crippen LogP) is 5.98. The van der Waals surface area contributed by atoms with Gasteiger partial charge >= 0.3 is 0 Å². The minimum absolute atomic E-state index is 0.132. The van der Waals surface area contributed by atoms with Gasteiger partial charge in [-0.1, -0.05) is 31.8 Å². The van der Waals surface area contributed by atoms with E-state index in [1.54, 1.807) is 35.0 Å². The average Bonchev–Trinajstić information content (AvgIpc) is 3.39. The summed E-state index contributed by atoms with van der Waals surface area (Å²) in [6.45, 7) is 6.64. The number of benzene rings is 2. The number of aromatic nitrogens is 2. The van der Waals surface area contributed by atoms with Gasteiger partial charge in [-0.2, -0.15) is 0 Å². The van der Waals surface area contributed by atoms with Crippen LogP contribution in [0.25, 0.3) is 22.2 Å². The highest BCUT2D eigenvalue weighted by Crippen LogP contribution is 2.37. The first-order chi connectivity index (χ1) is 21.1. The van der Waals surface area contributed by atoms with Crippen molar-refractivity contribution in [2.45, 2.75) is 38.5 Å². The Morgan fingerprint density at radius 2 is 1.80 bits per heavy atom. The number of carbonyl (C=O) groups excluding carboxylic acids is 1. The van der Waals surface area contributed by atoms with Crippen LogP contribution in [0.2, 0.25) is 25.7 Å². The van der Waals surface area contributed by atoms with Gasteiger partial charge in [-0.3, -0.25) is 4.79 Å². The van der Waals surface area contributed by atoms with Crippen LogP contribution in [0.5, 0.6) is 17.2 Å². The molecular formula is C32H39F2N3O6Si. The number of amides is 1. The van der Waals surface area contributed by atoms with Crippen LogP contribution in [-0.2, 0) is 11.5 Å². The number of methoxy groups -OCH3 is 2. The van der Waals surface area contributed by atoms with Crippen molar-refractivity contribution in [2.24, 2.45) is 0 Å². The third-order valence-corrected chi connectivity index (χ3v) is 8.69. The summed E-state index contributed by atoms with van der Waals surface area (Å²) in [6.07, 6.45) is 0.618. The van der Waals surface area contributed by atoms with Gasteiger partial charge < -0.3 is 33.9 Å². The Morgan fingerprint density at radius 3 is 2.50 bits per heavy atom. The molecule has 0 aliphatic rings. The lowest BCUT2D eigenvalue weighted by atomic mass is 10.1. The summed E-state index contributed by atoms with van der Waals surface area (Å²) >= 11 is 0. The Kier molecular flexibility index (Phi) is 11.0. The van der Waals surface area contributed by atoms with Gasteiger partial charge in [0.25, 0.3) is 5.91 Å². The fraction of sp³-hybridized carbons (Fsp3) is 0.375. The van der Waals surface area contributed by atoms with E-state index in [9.17, 15) is 14.3 Å². The van der Waals surface area contributed by atoms with Crippen molar-refractivity contribution in [1.82, 2.24) is 14.9 Å². The standard InChI is InChI=1S/C32H39F2N3O6Si/c1-40-28-12-10-25(26(38)18-35-32(39)21-9-11-27(43-14-13-33)29(17-21)41-2)36-30(28)23-19-37(20-42-15-16-44(3,4)5)31-22(23)7-6-8-24(31)34/h6-12,17,19,26,38H,13-16,18,20H2,1-5H3,(H,35,39). The summed E-state index contributed by atoms with van der Waals surface area (Å²) in [7, 11) is 1.64. The van der Waals surface area contributed by atoms with Crippen LogP contribution in [0.4, 0.5) is 8.78 Å². The van der Waals surface area contributed by atoms with Gasteiger partial charge in [0.05, 0.1) is 25.4 Å². The molecule has 2 aromatic heterocycles. The summed E-state index contributed by atoms with van der Waals surface area (Å²) < 4.78 is 51.3. The van der Waals surface area contributed by atoms with E-state index in [2.05, 4.69) is 29.9 Å². The molecule has 2 heterocycles. The molecule has 1 unspecified atom stereocenters. The molecule has 0 saturated heterocycles. The zero-order valence-electron chi connectivity index (χ0n) is 25.7. The van der Waals surface area contributed by atoms with Crippen LogP contribution < -0.4 is 19.5 Å². The summed E-state index contributed by atoms with van der Waals surface area (Å²) in [5.74, 6) is 0.191. The highest BCUT2D eigenvalue weighted by molar-refractivity contribution is 6.76. The number of halogens is 2. The quantitative estimate of drug-likeness (QED) is 0.123. The molecule has 1 amide bonds. The van der Waals surface area contributed by atoms with Crippen molar-refractivity contribution in [3.8, 4) is 28.5 Å². The van der Waals surface area contributed by atoms with Gasteiger partial charge in [-0.05, 0) is 42.4 Å². The number of pyridine rings is 1. The highest BCUT2D eigenvalue weighted by atomic mass is 28.3. The lowest BCUT2D eigenvalue weighted by Crippen LogP contribution is -2.28. The number of rotatable bonds is 15. The summed E-state index contributed by atoms with van der Waals surface area (Å²) in [6, 6.07) is 13.6. The minimum atomic E-state index is -1.29. The molecule has 0 aliphatic heterocycles. The van der Waals surface area contributed by atoms with Crippen molar-refractivity contribution in [3.05, 3.63) is 71.8 Å². The number of fused-ring (bicyclic) bond motifs is 1. The van der Waals surface area contributed by atoms with Crippen molar-refractivity contribution < 1.29 is 37.6 Å². The number of ether oxygens (including phenoxy) is 4. The molecule has 2 aromatic carbocycles. The van der Waals surface area contributed by atoms with E-state index in [0.29, 0.717) is 40.3 Å². The van der Waals surface area contributed by atoms with Gasteiger partial charge in [0, 0.05) is 43.9 Å². The first kappa shape index (κ1) is 32.9. The Labute approximate surface area is 256 Å². The second kappa shape index (κ2) is 14.6. The number of nitrogens with zero attached hydrogens (tertiary/aromatic N) is 2. The average molecular weight is 628 g/mol. The van der Waals surface area contributed by atoms with Crippen molar-refractivity contribution in [2.75, 3.05) is 40.7 Å². The van der Waals surface area contributed by atoms with Gasteiger partial charge in [0.1, 0.15) is 43.4 Å². The summed E-state index contributed by atoms with van der Waals surface area (Å²) in [5.41, 5.74) is 1.98. The van der Waals surface area contributed by atoms with E-state index in [1.807, 2.05) is 0 Å². The number of alkyl halides is 1. The molecule has 4 aromatic rings. The van der Waals surface area contributed by atoms with E-state index in [0.717, 1.165) is 6.04 Å². The van der Waals surface area contributed by atoms with Gasteiger partial charge in [-0.15, -0.1) is 0 Å². The van der Waals surface area contributed by atoms with Crippen LogP contribution in [0.3, 0.4) is 0 Å². The molecule has 0 spiro atoms. The molecule has 1 atom stereocenters. The third kappa shape index (κ3) is 7.93. The predicted molar refractivity (Wildman–Crippen MR) is 168 cm³/mol. The van der Waals surface area contributed by atoms with E-state index >= 15 is 4.39 Å². The molecule has 236 valence electrons. The maximum absolute atomic E-state index is 15.1. The van der Waals surface area contributed by atoms with Gasteiger partial charge in [-0.25, -0.2) is 13.8 Å². The van der Waals surface area contributed by atoms with Crippen LogP contribution in [0, 0.1) is 5.82 Å². The molecule has 9 nitrogen and oxygen atoms in total. The Hall–Kier alpha value is -4.00. The number of nitrogens with one attached hydrogen (secondary N) is 1. The smallest absolute Gasteiger partial charge is 0.251 e. The maximum Gasteiger partial charge on any atom is 0.251 e. The molecule has 0 aliphatic carbocycles. The molecule has 0 saturated carbocycles. The zero-order chi connectivity index (χ0) is 31.9. The highest BCUT2D eigenvalue weighted by Gasteiger charge is 2.21. The van der Waals surface area contributed by atoms with E-state index in [-0.39, 0.29) is 42.7 Å². The van der Waals surface area contributed by atoms with Gasteiger partial charge in [0.2, 0.25) is 0 Å². The minimum Gasteiger partial charge on any atom is -0.494 e. The van der Waals surface area contributed by atoms with Crippen molar-refractivity contribution in [3.63, 3.8) is 0 Å². The Bertz CT molecular complexity index is 1590. The number of aliphatic hydroxyl groups is 1. The fourth-order valence-corrected chi connectivity index (χ4v) is 5.38. The van der Waals surface area contributed by atoms with Crippen molar-refractivity contribution >= 4 is 24.9 Å². The lowest BCUT2D eigenvalue weighted by Gasteiger charge is -2.16. The SMILES string of the molecule is COc1cc(C(=O)NCC(O)c2ccc(OC)c(-c3cn(COCC[Si](C)(C)C)c4c(F)cccc34)n2)ccc1OCCF. The molecule has 0 fully saturated rings. The molecule has 44 heavy (non-hydrogen) atoms. The largest absolute Gasteiger partial charge is 0.494 e.